The minimum atomic E-state index is -1.75. The van der Waals surface area contributed by atoms with Gasteiger partial charge in [-0.15, -0.1) is 0 Å². The fourth-order valence-corrected chi connectivity index (χ4v) is 14.1. The van der Waals surface area contributed by atoms with Crippen molar-refractivity contribution in [1.29, 1.82) is 0 Å². The molecule has 0 bridgehead atoms. The molecule has 9 rings (SSSR count). The van der Waals surface area contributed by atoms with Crippen molar-refractivity contribution in [1.82, 2.24) is 0 Å². The second-order valence-corrected chi connectivity index (χ2v) is 21.4. The highest BCUT2D eigenvalue weighted by Gasteiger charge is 2.75. The summed E-state index contributed by atoms with van der Waals surface area (Å²) < 4.78 is 48.7. The molecule has 18 heteroatoms. The molecule has 8 fully saturated rings. The minimum absolute atomic E-state index is 0.0233. The molecule has 9 aliphatic rings. The van der Waals surface area contributed by atoms with Crippen LogP contribution in [0.4, 0.5) is 0 Å². The molecule has 5 saturated heterocycles. The molecule has 1 spiro atoms. The lowest BCUT2D eigenvalue weighted by Gasteiger charge is -2.59. The van der Waals surface area contributed by atoms with Crippen LogP contribution in [0.5, 0.6) is 0 Å². The van der Waals surface area contributed by atoms with Crippen molar-refractivity contribution >= 4 is 0 Å². The van der Waals surface area contributed by atoms with Gasteiger partial charge in [-0.05, 0) is 101 Å². The molecule has 3 saturated carbocycles. The molecule has 0 aromatic rings. The summed E-state index contributed by atoms with van der Waals surface area (Å²) in [5.74, 6) is -0.172. The molecule has 360 valence electrons. The Labute approximate surface area is 368 Å². The molecule has 5 heterocycles. The van der Waals surface area contributed by atoms with Gasteiger partial charge in [0.2, 0.25) is 0 Å². The third-order valence-electron chi connectivity index (χ3n) is 17.8. The summed E-state index contributed by atoms with van der Waals surface area (Å²) in [7, 11) is 0. The van der Waals surface area contributed by atoms with E-state index < -0.39 is 116 Å². The van der Waals surface area contributed by atoms with Crippen LogP contribution in [-0.2, 0) is 37.9 Å². The summed E-state index contributed by atoms with van der Waals surface area (Å²) in [6.07, 6.45) is -14.0. The molecule has 0 amide bonds. The largest absolute Gasteiger partial charge is 0.394 e. The first-order chi connectivity index (χ1) is 29.7. The van der Waals surface area contributed by atoms with Gasteiger partial charge < -0.3 is 89.0 Å². The Morgan fingerprint density at radius 1 is 0.667 bits per heavy atom. The zero-order valence-electron chi connectivity index (χ0n) is 37.2. The number of fused-ring (bicyclic) bond motifs is 7. The third-order valence-corrected chi connectivity index (χ3v) is 17.8. The number of allylic oxidation sites excluding steroid dienone is 1. The van der Waals surface area contributed by atoms with Crippen molar-refractivity contribution in [3.8, 4) is 0 Å². The van der Waals surface area contributed by atoms with Gasteiger partial charge in [-0.1, -0.05) is 32.4 Å². The van der Waals surface area contributed by atoms with Gasteiger partial charge in [-0.2, -0.15) is 0 Å². The monoisotopic (exact) mass is 900 g/mol. The number of hydrogen-bond acceptors (Lipinski definition) is 18. The van der Waals surface area contributed by atoms with Crippen LogP contribution in [0, 0.1) is 40.4 Å². The SMILES string of the molecule is C[C@@H]1O[C@@H](O[C@H]2[C@H](O[C@H]3[C@H](O)[C@@H](O)[C@H](O[C@H]4CC[C@@]5(C)C(=CC[C@H]6[C@@H]7C[C@@H]8O[C@]9(CC[C@H](C)C(O)O9)[C@](C)(O)[C@@H]8[C@@]7(C)CC[C@@H]65)C4)O[C@@H]3CO)O[C@@H](C)[C@H](O)[C@H]2O)[C@H](O)[C@H](O)[C@H]1O. The molecule has 0 aromatic carbocycles. The van der Waals surface area contributed by atoms with Gasteiger partial charge in [-0.25, -0.2) is 0 Å². The zero-order chi connectivity index (χ0) is 45.3. The van der Waals surface area contributed by atoms with Gasteiger partial charge in [-0.3, -0.25) is 0 Å². The highest BCUT2D eigenvalue weighted by Crippen LogP contribution is 2.71. The van der Waals surface area contributed by atoms with E-state index in [2.05, 4.69) is 19.9 Å². The second kappa shape index (κ2) is 16.9. The maximum absolute atomic E-state index is 12.3. The van der Waals surface area contributed by atoms with Crippen molar-refractivity contribution in [3.63, 3.8) is 0 Å². The van der Waals surface area contributed by atoms with Crippen LogP contribution in [0.1, 0.15) is 99.3 Å². The predicted octanol–water partition coefficient (Wildman–Crippen LogP) is -0.325. The molecule has 27 atom stereocenters. The van der Waals surface area contributed by atoms with Crippen LogP contribution in [0.25, 0.3) is 0 Å². The summed E-state index contributed by atoms with van der Waals surface area (Å²) in [4.78, 5) is 0. The molecule has 63 heavy (non-hydrogen) atoms. The lowest BCUT2D eigenvalue weighted by molar-refractivity contribution is -0.386. The Morgan fingerprint density at radius 2 is 1.30 bits per heavy atom. The molecule has 0 radical (unpaired) electrons. The second-order valence-electron chi connectivity index (χ2n) is 21.4. The quantitative estimate of drug-likeness (QED) is 0.147. The lowest BCUT2D eigenvalue weighted by Crippen LogP contribution is -2.66. The Balaban J connectivity index is 0.850. The van der Waals surface area contributed by atoms with Crippen molar-refractivity contribution in [2.24, 2.45) is 40.4 Å². The minimum Gasteiger partial charge on any atom is -0.394 e. The van der Waals surface area contributed by atoms with Gasteiger partial charge in [0.1, 0.15) is 66.6 Å². The van der Waals surface area contributed by atoms with E-state index in [4.69, 9.17) is 37.9 Å². The molecular weight excluding hydrogens is 828 g/mol. The van der Waals surface area contributed by atoms with Crippen LogP contribution in [0.2, 0.25) is 0 Å². The van der Waals surface area contributed by atoms with E-state index >= 15 is 0 Å². The summed E-state index contributed by atoms with van der Waals surface area (Å²) in [5.41, 5.74) is -0.194. The summed E-state index contributed by atoms with van der Waals surface area (Å²) in [6, 6.07) is 0. The normalized spacial score (nSPS) is 59.3. The lowest BCUT2D eigenvalue weighted by atomic mass is 9.46. The van der Waals surface area contributed by atoms with Crippen LogP contribution < -0.4 is 0 Å². The van der Waals surface area contributed by atoms with Crippen LogP contribution in [0.3, 0.4) is 0 Å². The predicted molar refractivity (Wildman–Crippen MR) is 215 cm³/mol. The maximum Gasteiger partial charge on any atom is 0.200 e. The van der Waals surface area contributed by atoms with E-state index in [1.807, 2.05) is 13.8 Å². The standard InChI is InChI=1S/C45H72O18/c1-18-9-14-45(63-38(18)54)44(6,55)37-26(62-45)16-25-23-8-7-21-15-22(10-12-42(21,4)24(23)11-13-43(25,37)5)58-40-34(53)32(51)35(27(17-46)59-40)60-41-36(31(50)29(48)20(3)57-41)61-39-33(52)30(49)28(47)19(2)56-39/h7,18-20,22-41,46-55H,8-17H2,1-6H3/t18-,19-,20-,22-,23+,24-,25-,26-,27+,28-,29-,30+,31+,32+,33+,34+,35+,36+,37-,38?,39-,40+,41-,42-,43-,44+,45-/m0/s1. The van der Waals surface area contributed by atoms with Gasteiger partial charge >= 0.3 is 0 Å². The van der Waals surface area contributed by atoms with E-state index in [1.54, 1.807) is 0 Å². The van der Waals surface area contributed by atoms with Gasteiger partial charge in [0.15, 0.2) is 30.9 Å². The number of ether oxygens (including phenoxy) is 8. The maximum atomic E-state index is 12.3. The van der Waals surface area contributed by atoms with E-state index in [9.17, 15) is 51.1 Å². The molecule has 1 unspecified atom stereocenters. The fourth-order valence-electron chi connectivity index (χ4n) is 14.1. The van der Waals surface area contributed by atoms with Crippen LogP contribution in [-0.4, -0.2) is 180 Å². The van der Waals surface area contributed by atoms with Crippen molar-refractivity contribution in [2.45, 2.75) is 221 Å². The van der Waals surface area contributed by atoms with Crippen LogP contribution in [0.15, 0.2) is 11.6 Å². The van der Waals surface area contributed by atoms with Crippen molar-refractivity contribution in [3.05, 3.63) is 11.6 Å². The zero-order valence-corrected chi connectivity index (χ0v) is 37.2. The van der Waals surface area contributed by atoms with E-state index in [0.29, 0.717) is 37.0 Å². The molecule has 18 nitrogen and oxygen atoms in total. The smallest absolute Gasteiger partial charge is 0.200 e. The fraction of sp³-hybridized carbons (Fsp3) is 0.956. The topological polar surface area (TPSA) is 276 Å². The summed E-state index contributed by atoms with van der Waals surface area (Å²) in [6.45, 7) is 10.8. The van der Waals surface area contributed by atoms with Crippen molar-refractivity contribution < 1.29 is 89.0 Å². The summed E-state index contributed by atoms with van der Waals surface area (Å²) >= 11 is 0. The van der Waals surface area contributed by atoms with Gasteiger partial charge in [0.05, 0.1) is 31.0 Å². The first-order valence-electron chi connectivity index (χ1n) is 23.4. The molecule has 4 aliphatic carbocycles. The Morgan fingerprint density at radius 3 is 2.00 bits per heavy atom. The highest BCUT2D eigenvalue weighted by molar-refractivity contribution is 5.27. The first kappa shape index (κ1) is 47.1. The average molecular weight is 901 g/mol. The van der Waals surface area contributed by atoms with Gasteiger partial charge in [0, 0.05) is 18.3 Å². The van der Waals surface area contributed by atoms with E-state index in [1.165, 1.54) is 19.4 Å². The number of rotatable bonds is 7. The Kier molecular flexibility index (Phi) is 12.6. The number of aliphatic hydroxyl groups excluding tert-OH is 9. The third kappa shape index (κ3) is 7.44. The number of aliphatic hydroxyl groups is 10. The Hall–Kier alpha value is -0.980. The van der Waals surface area contributed by atoms with E-state index in [0.717, 1.165) is 38.5 Å². The van der Waals surface area contributed by atoms with E-state index in [-0.39, 0.29) is 34.9 Å². The number of hydrogen-bond donors (Lipinski definition) is 10. The van der Waals surface area contributed by atoms with Crippen LogP contribution >= 0.6 is 0 Å². The molecule has 5 aliphatic heterocycles. The molecule has 0 aromatic heterocycles. The summed E-state index contributed by atoms with van der Waals surface area (Å²) in [5, 5.41) is 109. The van der Waals surface area contributed by atoms with Crippen molar-refractivity contribution in [2.75, 3.05) is 6.61 Å². The highest BCUT2D eigenvalue weighted by atomic mass is 16.8. The average Bonchev–Trinajstić information content (AvgIpc) is 3.66. The first-order valence-corrected chi connectivity index (χ1v) is 23.4. The molecule has 10 N–H and O–H groups in total. The molecular formula is C45H72O18. The van der Waals surface area contributed by atoms with Gasteiger partial charge in [0.25, 0.3) is 0 Å². The Bertz CT molecular complexity index is 1680.